The highest BCUT2D eigenvalue weighted by molar-refractivity contribution is 5.81. The van der Waals surface area contributed by atoms with Crippen LogP contribution in [0.3, 0.4) is 0 Å². The first-order valence-corrected chi connectivity index (χ1v) is 7.52. The maximum Gasteiger partial charge on any atom is 0.342 e. The SMILES string of the molecule is COc1cc2cc([C@@H]3O[C@H](CO)[C@@H](O)[C@H](O)[C@H]3O)c(=O)oc2cc1O. The van der Waals surface area contributed by atoms with Crippen LogP contribution in [-0.2, 0) is 4.74 Å². The third-order valence-corrected chi connectivity index (χ3v) is 4.26. The van der Waals surface area contributed by atoms with Crippen molar-refractivity contribution in [3.8, 4) is 11.5 Å². The molecule has 9 nitrogen and oxygen atoms in total. The van der Waals surface area contributed by atoms with Crippen LogP contribution in [0.4, 0.5) is 0 Å². The van der Waals surface area contributed by atoms with Crippen LogP contribution in [0.25, 0.3) is 11.0 Å². The average Bonchev–Trinajstić information content (AvgIpc) is 2.59. The molecular weight excluding hydrogens is 336 g/mol. The van der Waals surface area contributed by atoms with Gasteiger partial charge >= 0.3 is 5.63 Å². The van der Waals surface area contributed by atoms with Crippen molar-refractivity contribution in [2.75, 3.05) is 13.7 Å². The molecule has 0 spiro atoms. The van der Waals surface area contributed by atoms with Crippen LogP contribution in [0.15, 0.2) is 27.4 Å². The third-order valence-electron chi connectivity index (χ3n) is 4.26. The lowest BCUT2D eigenvalue weighted by Crippen LogP contribution is -2.55. The van der Waals surface area contributed by atoms with Crippen molar-refractivity contribution >= 4 is 11.0 Å². The van der Waals surface area contributed by atoms with Gasteiger partial charge in [0.05, 0.1) is 19.3 Å². The van der Waals surface area contributed by atoms with Crippen LogP contribution >= 0.6 is 0 Å². The summed E-state index contributed by atoms with van der Waals surface area (Å²) in [6.45, 7) is -0.609. The second kappa shape index (κ2) is 6.62. The van der Waals surface area contributed by atoms with E-state index in [-0.39, 0.29) is 22.6 Å². The molecule has 2 aromatic rings. The largest absolute Gasteiger partial charge is 0.504 e. The van der Waals surface area contributed by atoms with Crippen molar-refractivity contribution < 1.29 is 39.4 Å². The lowest BCUT2D eigenvalue weighted by atomic mass is 9.91. The van der Waals surface area contributed by atoms with E-state index >= 15 is 0 Å². The van der Waals surface area contributed by atoms with Gasteiger partial charge in [-0.05, 0) is 12.1 Å². The minimum absolute atomic E-state index is 0.0941. The first-order valence-electron chi connectivity index (χ1n) is 7.52. The molecule has 0 bridgehead atoms. The van der Waals surface area contributed by atoms with Crippen LogP contribution in [0.1, 0.15) is 11.7 Å². The van der Waals surface area contributed by atoms with E-state index in [0.717, 1.165) is 0 Å². The van der Waals surface area contributed by atoms with Crippen molar-refractivity contribution in [1.29, 1.82) is 0 Å². The van der Waals surface area contributed by atoms with Crippen molar-refractivity contribution in [2.45, 2.75) is 30.5 Å². The molecule has 25 heavy (non-hydrogen) atoms. The van der Waals surface area contributed by atoms with Gasteiger partial charge in [-0.15, -0.1) is 0 Å². The summed E-state index contributed by atoms with van der Waals surface area (Å²) < 4.78 is 15.5. The third kappa shape index (κ3) is 2.96. The Labute approximate surface area is 141 Å². The van der Waals surface area contributed by atoms with E-state index in [1.54, 1.807) is 0 Å². The van der Waals surface area contributed by atoms with Crippen LogP contribution < -0.4 is 10.4 Å². The number of aliphatic hydroxyl groups excluding tert-OH is 4. The number of phenols is 1. The molecule has 1 saturated heterocycles. The van der Waals surface area contributed by atoms with Crippen LogP contribution in [0, 0.1) is 0 Å². The maximum absolute atomic E-state index is 12.2. The summed E-state index contributed by atoms with van der Waals surface area (Å²) in [7, 11) is 1.36. The Bertz CT molecular complexity index is 828. The number of aromatic hydroxyl groups is 1. The van der Waals surface area contributed by atoms with Crippen molar-refractivity contribution in [1.82, 2.24) is 0 Å². The molecule has 136 valence electrons. The van der Waals surface area contributed by atoms with Crippen molar-refractivity contribution in [3.63, 3.8) is 0 Å². The highest BCUT2D eigenvalue weighted by Crippen LogP contribution is 2.35. The van der Waals surface area contributed by atoms with E-state index < -0.39 is 42.8 Å². The van der Waals surface area contributed by atoms with E-state index in [9.17, 15) is 30.3 Å². The van der Waals surface area contributed by atoms with Gasteiger partial charge in [0.15, 0.2) is 11.5 Å². The highest BCUT2D eigenvalue weighted by Gasteiger charge is 2.45. The monoisotopic (exact) mass is 354 g/mol. The summed E-state index contributed by atoms with van der Waals surface area (Å²) >= 11 is 0. The molecule has 5 N–H and O–H groups in total. The summed E-state index contributed by atoms with van der Waals surface area (Å²) in [4.78, 5) is 12.2. The number of ether oxygens (including phenoxy) is 2. The molecule has 0 saturated carbocycles. The molecule has 3 rings (SSSR count). The fourth-order valence-electron chi connectivity index (χ4n) is 2.87. The Morgan fingerprint density at radius 2 is 1.84 bits per heavy atom. The molecule has 5 atom stereocenters. The number of fused-ring (bicyclic) bond motifs is 1. The number of hydrogen-bond donors (Lipinski definition) is 5. The molecule has 9 heteroatoms. The second-order valence-electron chi connectivity index (χ2n) is 5.80. The van der Waals surface area contributed by atoms with Gasteiger partial charge in [0.2, 0.25) is 0 Å². The molecule has 1 aromatic carbocycles. The summed E-state index contributed by atoms with van der Waals surface area (Å²) in [5.41, 5.74) is -0.852. The van der Waals surface area contributed by atoms with Crippen LogP contribution in [0.2, 0.25) is 0 Å². The van der Waals surface area contributed by atoms with E-state index in [1.165, 1.54) is 25.3 Å². The first kappa shape index (κ1) is 17.6. The zero-order valence-corrected chi connectivity index (χ0v) is 13.2. The molecule has 1 aromatic heterocycles. The fraction of sp³-hybridized carbons (Fsp3) is 0.438. The predicted octanol–water partition coefficient (Wildman–Crippen LogP) is -0.978. The summed E-state index contributed by atoms with van der Waals surface area (Å²) in [5, 5.41) is 49.2. The maximum atomic E-state index is 12.2. The fourth-order valence-corrected chi connectivity index (χ4v) is 2.87. The first-order chi connectivity index (χ1) is 11.9. The van der Waals surface area contributed by atoms with E-state index in [2.05, 4.69) is 0 Å². The number of aliphatic hydroxyl groups is 4. The lowest BCUT2D eigenvalue weighted by Gasteiger charge is -2.39. The number of rotatable bonds is 3. The predicted molar refractivity (Wildman–Crippen MR) is 83.4 cm³/mol. The Balaban J connectivity index is 2.09. The van der Waals surface area contributed by atoms with E-state index in [0.29, 0.717) is 5.39 Å². The Morgan fingerprint density at radius 3 is 2.48 bits per heavy atom. The Kier molecular flexibility index (Phi) is 4.67. The Hall–Kier alpha value is -2.17. The summed E-state index contributed by atoms with van der Waals surface area (Å²) in [6, 6.07) is 4.02. The number of benzene rings is 1. The normalized spacial score (nSPS) is 29.7. The quantitative estimate of drug-likeness (QED) is 0.438. The van der Waals surface area contributed by atoms with Gasteiger partial charge in [-0.1, -0.05) is 0 Å². The molecular formula is C16H18O9. The molecule has 2 heterocycles. The average molecular weight is 354 g/mol. The number of phenolic OH excluding ortho intramolecular Hbond substituents is 1. The molecule has 1 aliphatic rings. The Morgan fingerprint density at radius 1 is 1.12 bits per heavy atom. The molecule has 0 amide bonds. The minimum atomic E-state index is -1.61. The van der Waals surface area contributed by atoms with Crippen LogP contribution in [-0.4, -0.2) is 63.7 Å². The van der Waals surface area contributed by atoms with Gasteiger partial charge in [-0.2, -0.15) is 0 Å². The van der Waals surface area contributed by atoms with Gasteiger partial charge in [0.1, 0.15) is 36.1 Å². The van der Waals surface area contributed by atoms with Gasteiger partial charge in [-0.25, -0.2) is 4.79 Å². The topological polar surface area (TPSA) is 150 Å². The van der Waals surface area contributed by atoms with Crippen molar-refractivity contribution in [2.24, 2.45) is 0 Å². The standard InChI is InChI=1S/C16H18O9/c1-23-10-3-6-2-7(16(22)25-9(6)4-8(10)18)15-14(21)13(20)12(19)11(5-17)24-15/h2-4,11-15,17-21H,5H2,1H3/t11-,12-,13+,14-,15+/m1/s1. The minimum Gasteiger partial charge on any atom is -0.504 e. The van der Waals surface area contributed by atoms with Gasteiger partial charge < -0.3 is 39.4 Å². The molecule has 0 radical (unpaired) electrons. The summed E-state index contributed by atoms with van der Waals surface area (Å²) in [5.74, 6) is -0.0557. The van der Waals surface area contributed by atoms with E-state index in [4.69, 9.17) is 13.9 Å². The van der Waals surface area contributed by atoms with Gasteiger partial charge in [0.25, 0.3) is 0 Å². The second-order valence-corrected chi connectivity index (χ2v) is 5.80. The zero-order chi connectivity index (χ0) is 18.3. The number of hydrogen-bond acceptors (Lipinski definition) is 9. The molecule has 0 aliphatic carbocycles. The smallest absolute Gasteiger partial charge is 0.342 e. The highest BCUT2D eigenvalue weighted by atomic mass is 16.5. The molecule has 1 aliphatic heterocycles. The lowest BCUT2D eigenvalue weighted by molar-refractivity contribution is -0.232. The van der Waals surface area contributed by atoms with E-state index in [1.807, 2.05) is 0 Å². The zero-order valence-electron chi connectivity index (χ0n) is 13.2. The summed E-state index contributed by atoms with van der Waals surface area (Å²) in [6.07, 6.45) is -7.19. The number of methoxy groups -OCH3 is 1. The molecule has 0 unspecified atom stereocenters. The van der Waals surface area contributed by atoms with Crippen molar-refractivity contribution in [3.05, 3.63) is 34.2 Å². The van der Waals surface area contributed by atoms with Crippen LogP contribution in [0.5, 0.6) is 11.5 Å². The molecule has 1 fully saturated rings. The van der Waals surface area contributed by atoms with Gasteiger partial charge in [-0.3, -0.25) is 0 Å². The van der Waals surface area contributed by atoms with Gasteiger partial charge in [0, 0.05) is 11.5 Å².